The second kappa shape index (κ2) is 32.9. The zero-order valence-electron chi connectivity index (χ0n) is 50.0. The van der Waals surface area contributed by atoms with Gasteiger partial charge in [-0.15, -0.1) is 0 Å². The lowest BCUT2D eigenvalue weighted by molar-refractivity contribution is -0.451. The summed E-state index contributed by atoms with van der Waals surface area (Å²) >= 11 is 0. The highest BCUT2D eigenvalue weighted by Gasteiger charge is 2.45. The topological polar surface area (TPSA) is 12.5 Å². The van der Waals surface area contributed by atoms with Crippen molar-refractivity contribution in [3.8, 4) is 0 Å². The molecule has 4 aromatic carbocycles. The molecule has 0 aromatic heterocycles. The van der Waals surface area contributed by atoms with Crippen LogP contribution < -0.4 is 9.80 Å². The minimum absolute atomic E-state index is 0.0833. The van der Waals surface area contributed by atoms with Crippen molar-refractivity contribution in [2.24, 2.45) is 0 Å². The predicted molar refractivity (Wildman–Crippen MR) is 337 cm³/mol. The lowest BCUT2D eigenvalue weighted by atomic mass is 9.81. The van der Waals surface area contributed by atoms with Gasteiger partial charge in [0.05, 0.1) is 10.8 Å². The predicted octanol–water partition coefficient (Wildman–Crippen LogP) is 20.4. The van der Waals surface area contributed by atoms with Crippen molar-refractivity contribution < 1.29 is 9.15 Å². The second-order valence-electron chi connectivity index (χ2n) is 24.0. The molecule has 0 bridgehead atoms. The molecule has 0 spiro atoms. The summed E-state index contributed by atoms with van der Waals surface area (Å²) < 4.78 is 5.28. The normalized spacial score (nSPS) is 14.7. The summed E-state index contributed by atoms with van der Waals surface area (Å²) in [5.74, 6) is 0. The number of para-hydroxylation sites is 2. The molecule has 6 rings (SSSR count). The monoisotopic (exact) mass is 1030 g/mol. The van der Waals surface area contributed by atoms with Crippen molar-refractivity contribution >= 4 is 46.3 Å². The first-order chi connectivity index (χ1) is 37.1. The summed E-state index contributed by atoms with van der Waals surface area (Å²) in [5, 5.41) is 0. The maximum absolute atomic E-state index is 2.68. The number of allylic oxidation sites excluding steroid dienone is 2. The molecule has 0 atom stereocenters. The number of hydrogen-bond donors (Lipinski definition) is 0. The summed E-state index contributed by atoms with van der Waals surface area (Å²) in [4.78, 5) is 5.36. The standard InChI is InChI=1S/C72H108N4/c1-9-13-17-21-25-33-55-73(56-34-26-22-18-14-10-2)63-49-43-61(44-50-63)47-53-69-71(5,6)65-39-29-31-41-67(65)75(69)59-37-38-60-76-68-42-32-30-40-66(68)72(7,8)70(76)54-48-62-45-51-64(52-46-62)74(57-35-27-23-19-15-11-3)58-36-28-24-20-16-12-4/h29-32,39-54H,9-28,33-38,55-60H2,1-8H3/q+2. The van der Waals surface area contributed by atoms with Crippen molar-refractivity contribution in [2.45, 2.75) is 233 Å². The second-order valence-corrected chi connectivity index (χ2v) is 24.0. The Morgan fingerprint density at radius 1 is 0.329 bits per heavy atom. The van der Waals surface area contributed by atoms with E-state index in [1.165, 1.54) is 237 Å². The highest BCUT2D eigenvalue weighted by Crippen LogP contribution is 2.42. The van der Waals surface area contributed by atoms with Crippen LogP contribution in [-0.2, 0) is 10.8 Å². The Hall–Kier alpha value is -4.70. The van der Waals surface area contributed by atoms with Crippen LogP contribution in [0.1, 0.15) is 245 Å². The van der Waals surface area contributed by atoms with E-state index in [0.717, 1.165) is 25.9 Å². The first-order valence-corrected chi connectivity index (χ1v) is 31.7. The molecule has 0 radical (unpaired) electrons. The fourth-order valence-electron chi connectivity index (χ4n) is 12.3. The van der Waals surface area contributed by atoms with E-state index in [1.807, 2.05) is 0 Å². The number of rotatable bonds is 39. The van der Waals surface area contributed by atoms with Crippen molar-refractivity contribution in [3.05, 3.63) is 131 Å². The van der Waals surface area contributed by atoms with Crippen molar-refractivity contribution in [2.75, 3.05) is 49.1 Å². The van der Waals surface area contributed by atoms with Crippen LogP contribution in [0.15, 0.2) is 109 Å². The number of unbranched alkanes of at least 4 members (excludes halogenated alkanes) is 21. The maximum atomic E-state index is 2.68. The molecule has 0 saturated carbocycles. The molecule has 4 heteroatoms. The molecule has 0 amide bonds. The van der Waals surface area contributed by atoms with E-state index in [1.54, 1.807) is 0 Å². The van der Waals surface area contributed by atoms with E-state index >= 15 is 0 Å². The van der Waals surface area contributed by atoms with Gasteiger partial charge in [0.2, 0.25) is 11.4 Å². The van der Waals surface area contributed by atoms with Crippen LogP contribution >= 0.6 is 0 Å². The Kier molecular flexibility index (Phi) is 26.2. The lowest BCUT2D eigenvalue weighted by Gasteiger charge is -2.25. The maximum Gasteiger partial charge on any atom is 0.209 e. The Bertz CT molecular complexity index is 2190. The van der Waals surface area contributed by atoms with Gasteiger partial charge in [-0.05, 0) is 101 Å². The van der Waals surface area contributed by atoms with E-state index in [4.69, 9.17) is 0 Å². The van der Waals surface area contributed by atoms with Crippen LogP contribution in [0.2, 0.25) is 0 Å². The average molecular weight is 1030 g/mol. The van der Waals surface area contributed by atoms with Crippen LogP contribution in [0.25, 0.3) is 12.2 Å². The summed E-state index contributed by atoms with van der Waals surface area (Å²) in [6.45, 7) is 25.6. The minimum atomic E-state index is -0.0833. The average Bonchev–Trinajstić information content (AvgIpc) is 3.82. The summed E-state index contributed by atoms with van der Waals surface area (Å²) in [5.41, 5.74) is 13.5. The molecule has 0 saturated heterocycles. The Labute approximate surface area is 466 Å². The largest absolute Gasteiger partial charge is 0.372 e. The van der Waals surface area contributed by atoms with Gasteiger partial charge in [-0.3, -0.25) is 0 Å². The van der Waals surface area contributed by atoms with Gasteiger partial charge >= 0.3 is 0 Å². The molecule has 76 heavy (non-hydrogen) atoms. The molecule has 0 N–H and O–H groups in total. The van der Waals surface area contributed by atoms with E-state index in [0.29, 0.717) is 0 Å². The lowest BCUT2D eigenvalue weighted by Crippen LogP contribution is -2.28. The quantitative estimate of drug-likeness (QED) is 0.0326. The molecular formula is C72H108N4+2. The third kappa shape index (κ3) is 17.9. The van der Waals surface area contributed by atoms with Gasteiger partial charge < -0.3 is 9.80 Å². The molecular weight excluding hydrogens is 921 g/mol. The Balaban J connectivity index is 1.15. The zero-order valence-corrected chi connectivity index (χ0v) is 50.0. The van der Waals surface area contributed by atoms with Gasteiger partial charge in [0.15, 0.2) is 11.4 Å². The van der Waals surface area contributed by atoms with Crippen LogP contribution in [0.5, 0.6) is 0 Å². The number of nitrogens with zero attached hydrogens (tertiary/aromatic N) is 4. The highest BCUT2D eigenvalue weighted by molar-refractivity contribution is 6.06. The van der Waals surface area contributed by atoms with Crippen LogP contribution in [0.4, 0.5) is 22.7 Å². The fraction of sp³-hybridized carbons (Fsp3) is 0.583. The molecule has 414 valence electrons. The molecule has 2 aliphatic rings. The molecule has 4 nitrogen and oxygen atoms in total. The van der Waals surface area contributed by atoms with Crippen LogP contribution in [-0.4, -0.2) is 59.8 Å². The van der Waals surface area contributed by atoms with Gasteiger partial charge in [-0.1, -0.05) is 217 Å². The first-order valence-electron chi connectivity index (χ1n) is 31.7. The van der Waals surface area contributed by atoms with Gasteiger partial charge in [0.25, 0.3) is 0 Å². The van der Waals surface area contributed by atoms with Gasteiger partial charge in [-0.2, -0.15) is 9.15 Å². The first kappa shape index (κ1) is 60.5. The Morgan fingerprint density at radius 2 is 0.618 bits per heavy atom. The van der Waals surface area contributed by atoms with E-state index < -0.39 is 0 Å². The van der Waals surface area contributed by atoms with Crippen LogP contribution in [0, 0.1) is 0 Å². The van der Waals surface area contributed by atoms with E-state index in [9.17, 15) is 0 Å². The van der Waals surface area contributed by atoms with E-state index in [-0.39, 0.29) is 10.8 Å². The summed E-state index contributed by atoms with van der Waals surface area (Å²) in [6.07, 6.45) is 44.1. The van der Waals surface area contributed by atoms with Gasteiger partial charge in [0, 0.05) is 85.8 Å². The third-order valence-corrected chi connectivity index (χ3v) is 17.1. The third-order valence-electron chi connectivity index (χ3n) is 17.1. The van der Waals surface area contributed by atoms with Crippen molar-refractivity contribution in [1.29, 1.82) is 0 Å². The van der Waals surface area contributed by atoms with Crippen molar-refractivity contribution in [3.63, 3.8) is 0 Å². The van der Waals surface area contributed by atoms with E-state index in [2.05, 4.69) is 196 Å². The Morgan fingerprint density at radius 3 is 0.934 bits per heavy atom. The molecule has 4 aromatic rings. The zero-order chi connectivity index (χ0) is 53.9. The van der Waals surface area contributed by atoms with Crippen LogP contribution in [0.3, 0.4) is 0 Å². The number of benzene rings is 4. The van der Waals surface area contributed by atoms with Gasteiger partial charge in [0.1, 0.15) is 13.1 Å². The SMILES string of the molecule is CCCCCCCCN(CCCCCCCC)c1ccc(/C=C/C2=[N+](CCCC[N+]3=C(/C=C/c4ccc(N(CCCCCCCC)CCCCCCCC)cc4)C(C)(C)c4ccccc43)c3ccccc3C2(C)C)cc1. The number of anilines is 2. The number of fused-ring (bicyclic) bond motifs is 2. The molecule has 0 aliphatic carbocycles. The number of hydrogen-bond acceptors (Lipinski definition) is 2. The fourth-order valence-corrected chi connectivity index (χ4v) is 12.3. The van der Waals surface area contributed by atoms with Crippen molar-refractivity contribution in [1.82, 2.24) is 0 Å². The molecule has 2 aliphatic heterocycles. The van der Waals surface area contributed by atoms with Gasteiger partial charge in [-0.25, -0.2) is 0 Å². The molecule has 0 fully saturated rings. The minimum Gasteiger partial charge on any atom is -0.372 e. The molecule has 2 heterocycles. The highest BCUT2D eigenvalue weighted by atomic mass is 15.1. The summed E-state index contributed by atoms with van der Waals surface area (Å²) in [7, 11) is 0. The molecule has 0 unspecified atom stereocenters. The smallest absolute Gasteiger partial charge is 0.209 e. The summed E-state index contributed by atoms with van der Waals surface area (Å²) in [6, 6.07) is 37.3.